The van der Waals surface area contributed by atoms with Gasteiger partial charge in [0.05, 0.1) is 0 Å². The number of nitrogens with one attached hydrogen (secondary N) is 1. The van der Waals surface area contributed by atoms with Gasteiger partial charge in [0.2, 0.25) is 0 Å². The third kappa shape index (κ3) is 3.68. The van der Waals surface area contributed by atoms with Gasteiger partial charge in [0.1, 0.15) is 11.6 Å². The van der Waals surface area contributed by atoms with Gasteiger partial charge in [-0.05, 0) is 37.5 Å². The molecule has 1 saturated carbocycles. The minimum Gasteiger partial charge on any atom is -0.370 e. The van der Waals surface area contributed by atoms with E-state index in [1.165, 1.54) is 25.0 Å². The summed E-state index contributed by atoms with van der Waals surface area (Å²) in [6.45, 7) is 9.90. The van der Waals surface area contributed by atoms with E-state index >= 15 is 0 Å². The predicted molar refractivity (Wildman–Crippen MR) is 80.7 cm³/mol. The number of hydrogen-bond donors (Lipinski definition) is 1. The van der Waals surface area contributed by atoms with Crippen LogP contribution in [0.1, 0.15) is 76.7 Å². The van der Waals surface area contributed by atoms with E-state index in [1.807, 2.05) is 0 Å². The molecule has 3 heteroatoms. The van der Waals surface area contributed by atoms with Gasteiger partial charge in [0, 0.05) is 24.2 Å². The fourth-order valence-electron chi connectivity index (χ4n) is 2.75. The van der Waals surface area contributed by atoms with Crippen molar-refractivity contribution in [2.45, 2.75) is 65.2 Å². The Hall–Kier alpha value is -1.12. The van der Waals surface area contributed by atoms with Crippen LogP contribution in [0.2, 0.25) is 0 Å². The molecule has 0 aliphatic heterocycles. The molecule has 0 amide bonds. The Kier molecular flexibility index (Phi) is 4.78. The van der Waals surface area contributed by atoms with Gasteiger partial charge in [-0.25, -0.2) is 9.97 Å². The minimum absolute atomic E-state index is 0.461. The molecule has 3 nitrogen and oxygen atoms in total. The molecule has 2 rings (SSSR count). The molecule has 106 valence electrons. The molecule has 2 atom stereocenters. The van der Waals surface area contributed by atoms with Crippen molar-refractivity contribution in [3.63, 3.8) is 0 Å². The molecule has 1 aliphatic rings. The highest BCUT2D eigenvalue weighted by Crippen LogP contribution is 2.37. The van der Waals surface area contributed by atoms with Crippen LogP contribution in [-0.2, 0) is 0 Å². The summed E-state index contributed by atoms with van der Waals surface area (Å²) in [6.07, 6.45) is 4.93. The van der Waals surface area contributed by atoms with Crippen molar-refractivity contribution in [2.75, 3.05) is 11.9 Å². The predicted octanol–water partition coefficient (Wildman–Crippen LogP) is 4.33. The SMILES string of the molecule is CCCNc1cc(C(C)C)nc(C2CCC(C)C2)n1. The lowest BCUT2D eigenvalue weighted by Crippen LogP contribution is -2.10. The normalized spacial score (nSPS) is 23.0. The van der Waals surface area contributed by atoms with Gasteiger partial charge in [-0.2, -0.15) is 0 Å². The fraction of sp³-hybridized carbons (Fsp3) is 0.750. The number of hydrogen-bond acceptors (Lipinski definition) is 3. The highest BCUT2D eigenvalue weighted by atomic mass is 15.0. The first-order valence-electron chi connectivity index (χ1n) is 7.72. The summed E-state index contributed by atoms with van der Waals surface area (Å²) >= 11 is 0. The van der Waals surface area contributed by atoms with Crippen molar-refractivity contribution in [1.29, 1.82) is 0 Å². The Morgan fingerprint density at radius 3 is 2.68 bits per heavy atom. The zero-order valence-corrected chi connectivity index (χ0v) is 12.7. The summed E-state index contributed by atoms with van der Waals surface area (Å²) in [5.41, 5.74) is 1.17. The van der Waals surface area contributed by atoms with Crippen LogP contribution in [0.15, 0.2) is 6.07 Å². The Balaban J connectivity index is 2.23. The number of rotatable bonds is 5. The van der Waals surface area contributed by atoms with E-state index in [0.717, 1.165) is 30.5 Å². The molecule has 0 saturated heterocycles. The molecule has 1 aromatic rings. The van der Waals surface area contributed by atoms with Crippen LogP contribution in [0.5, 0.6) is 0 Å². The fourth-order valence-corrected chi connectivity index (χ4v) is 2.75. The smallest absolute Gasteiger partial charge is 0.134 e. The number of aromatic nitrogens is 2. The van der Waals surface area contributed by atoms with Crippen LogP contribution in [-0.4, -0.2) is 16.5 Å². The molecule has 1 heterocycles. The lowest BCUT2D eigenvalue weighted by molar-refractivity contribution is 0.582. The van der Waals surface area contributed by atoms with Crippen molar-refractivity contribution in [1.82, 2.24) is 9.97 Å². The first-order chi connectivity index (χ1) is 9.10. The van der Waals surface area contributed by atoms with Gasteiger partial charge in [0.25, 0.3) is 0 Å². The van der Waals surface area contributed by atoms with E-state index in [1.54, 1.807) is 0 Å². The molecule has 0 radical (unpaired) electrons. The van der Waals surface area contributed by atoms with Crippen LogP contribution < -0.4 is 5.32 Å². The lowest BCUT2D eigenvalue weighted by atomic mass is 10.0. The van der Waals surface area contributed by atoms with E-state index in [2.05, 4.69) is 39.1 Å². The van der Waals surface area contributed by atoms with Crippen LogP contribution >= 0.6 is 0 Å². The van der Waals surface area contributed by atoms with Crippen molar-refractivity contribution in [3.05, 3.63) is 17.6 Å². The number of nitrogens with zero attached hydrogens (tertiary/aromatic N) is 2. The van der Waals surface area contributed by atoms with Crippen molar-refractivity contribution >= 4 is 5.82 Å². The Labute approximate surface area is 117 Å². The van der Waals surface area contributed by atoms with Crippen molar-refractivity contribution in [3.8, 4) is 0 Å². The van der Waals surface area contributed by atoms with Crippen molar-refractivity contribution < 1.29 is 0 Å². The second kappa shape index (κ2) is 6.36. The maximum atomic E-state index is 4.81. The first kappa shape index (κ1) is 14.3. The summed E-state index contributed by atoms with van der Waals surface area (Å²) in [6, 6.07) is 2.11. The molecule has 19 heavy (non-hydrogen) atoms. The van der Waals surface area contributed by atoms with Gasteiger partial charge in [-0.3, -0.25) is 0 Å². The molecular weight excluding hydrogens is 234 g/mol. The van der Waals surface area contributed by atoms with Crippen LogP contribution in [0, 0.1) is 5.92 Å². The Morgan fingerprint density at radius 2 is 2.11 bits per heavy atom. The average molecular weight is 261 g/mol. The summed E-state index contributed by atoms with van der Waals surface area (Å²) in [5, 5.41) is 3.41. The van der Waals surface area contributed by atoms with Gasteiger partial charge >= 0.3 is 0 Å². The number of anilines is 1. The monoisotopic (exact) mass is 261 g/mol. The van der Waals surface area contributed by atoms with E-state index in [0.29, 0.717) is 11.8 Å². The van der Waals surface area contributed by atoms with Crippen LogP contribution in [0.25, 0.3) is 0 Å². The summed E-state index contributed by atoms with van der Waals surface area (Å²) < 4.78 is 0. The zero-order valence-electron chi connectivity index (χ0n) is 12.7. The van der Waals surface area contributed by atoms with Gasteiger partial charge in [0.15, 0.2) is 0 Å². The molecule has 0 spiro atoms. The van der Waals surface area contributed by atoms with Crippen molar-refractivity contribution in [2.24, 2.45) is 5.92 Å². The summed E-state index contributed by atoms with van der Waals surface area (Å²) in [4.78, 5) is 9.55. The second-order valence-corrected chi connectivity index (χ2v) is 6.23. The largest absolute Gasteiger partial charge is 0.370 e. The van der Waals surface area contributed by atoms with E-state index in [-0.39, 0.29) is 0 Å². The quantitative estimate of drug-likeness (QED) is 0.857. The van der Waals surface area contributed by atoms with Crippen LogP contribution in [0.4, 0.5) is 5.82 Å². The molecule has 1 fully saturated rings. The molecule has 1 N–H and O–H groups in total. The molecule has 1 aromatic heterocycles. The summed E-state index contributed by atoms with van der Waals surface area (Å²) in [5.74, 6) is 3.92. The van der Waals surface area contributed by atoms with E-state index < -0.39 is 0 Å². The molecular formula is C16H27N3. The van der Waals surface area contributed by atoms with Gasteiger partial charge in [-0.15, -0.1) is 0 Å². The van der Waals surface area contributed by atoms with Gasteiger partial charge in [-0.1, -0.05) is 27.7 Å². The summed E-state index contributed by atoms with van der Waals surface area (Å²) in [7, 11) is 0. The molecule has 0 aromatic carbocycles. The van der Waals surface area contributed by atoms with E-state index in [4.69, 9.17) is 9.97 Å². The third-order valence-electron chi connectivity index (χ3n) is 3.97. The first-order valence-corrected chi connectivity index (χ1v) is 7.72. The molecule has 0 bridgehead atoms. The molecule has 2 unspecified atom stereocenters. The highest BCUT2D eigenvalue weighted by molar-refractivity contribution is 5.37. The maximum absolute atomic E-state index is 4.81. The topological polar surface area (TPSA) is 37.8 Å². The lowest BCUT2D eigenvalue weighted by Gasteiger charge is -2.15. The Bertz CT molecular complexity index is 414. The molecule has 1 aliphatic carbocycles. The standard InChI is InChI=1S/C16H27N3/c1-5-8-17-15-10-14(11(2)3)18-16(19-15)13-7-6-12(4)9-13/h10-13H,5-9H2,1-4H3,(H,17,18,19). The Morgan fingerprint density at radius 1 is 1.32 bits per heavy atom. The third-order valence-corrected chi connectivity index (χ3v) is 3.97. The average Bonchev–Trinajstić information content (AvgIpc) is 2.82. The van der Waals surface area contributed by atoms with Gasteiger partial charge < -0.3 is 5.32 Å². The minimum atomic E-state index is 0.461. The second-order valence-electron chi connectivity index (χ2n) is 6.23. The van der Waals surface area contributed by atoms with E-state index in [9.17, 15) is 0 Å². The maximum Gasteiger partial charge on any atom is 0.134 e. The highest BCUT2D eigenvalue weighted by Gasteiger charge is 2.25. The zero-order chi connectivity index (χ0) is 13.8. The van der Waals surface area contributed by atoms with Crippen LogP contribution in [0.3, 0.4) is 0 Å².